The van der Waals surface area contributed by atoms with Crippen molar-refractivity contribution in [3.05, 3.63) is 35.4 Å². The molecule has 0 radical (unpaired) electrons. The summed E-state index contributed by atoms with van der Waals surface area (Å²) in [5, 5.41) is 0. The highest BCUT2D eigenvalue weighted by Gasteiger charge is 2.75. The molecule has 186 valence electrons. The highest BCUT2D eigenvalue weighted by atomic mass is 32.2. The normalized spacial score (nSPS) is 12.9. The van der Waals surface area contributed by atoms with E-state index < -0.39 is 65.0 Å². The molecule has 0 aliphatic rings. The van der Waals surface area contributed by atoms with Gasteiger partial charge in [0.25, 0.3) is 10.1 Å². The SMILES string of the molecule is BCc1ccc(CCOC(=O)CCCC(=O)OC(CS(=O)(=O)O)(C(F)(F)F)C(F)(F)F)cc1. The van der Waals surface area contributed by atoms with Crippen molar-refractivity contribution < 1.29 is 58.4 Å². The fraction of sp³-hybridized carbons (Fsp3) is 0.556. The van der Waals surface area contributed by atoms with Gasteiger partial charge >= 0.3 is 29.9 Å². The Kier molecular flexibility index (Phi) is 9.78. The van der Waals surface area contributed by atoms with E-state index >= 15 is 0 Å². The summed E-state index contributed by atoms with van der Waals surface area (Å²) in [5.74, 6) is -5.86. The molecule has 0 aliphatic heterocycles. The molecule has 0 amide bonds. The molecular weight excluding hydrogens is 485 g/mol. The van der Waals surface area contributed by atoms with Crippen LogP contribution in [-0.2, 0) is 41.9 Å². The third-order valence-corrected chi connectivity index (χ3v) is 5.21. The van der Waals surface area contributed by atoms with Crippen molar-refractivity contribution in [1.82, 2.24) is 0 Å². The predicted molar refractivity (Wildman–Crippen MR) is 105 cm³/mol. The van der Waals surface area contributed by atoms with E-state index in [1.54, 1.807) is 0 Å². The van der Waals surface area contributed by atoms with Crippen LogP contribution in [0, 0.1) is 0 Å². The van der Waals surface area contributed by atoms with E-state index in [1.807, 2.05) is 32.1 Å². The van der Waals surface area contributed by atoms with Crippen LogP contribution in [0.25, 0.3) is 0 Å². The third kappa shape index (κ3) is 8.87. The minimum atomic E-state index is -6.40. The first kappa shape index (κ1) is 28.7. The summed E-state index contributed by atoms with van der Waals surface area (Å²) < 4.78 is 117. The maximum absolute atomic E-state index is 13.1. The largest absolute Gasteiger partial charge is 0.465 e. The first-order valence-corrected chi connectivity index (χ1v) is 11.2. The summed E-state index contributed by atoms with van der Waals surface area (Å²) in [6.07, 6.45) is -13.7. The van der Waals surface area contributed by atoms with Crippen LogP contribution in [0.5, 0.6) is 0 Å². The number of rotatable bonds is 11. The van der Waals surface area contributed by atoms with Gasteiger partial charge in [-0.2, -0.15) is 34.8 Å². The second-order valence-electron chi connectivity index (χ2n) is 7.02. The van der Waals surface area contributed by atoms with Crippen molar-refractivity contribution >= 4 is 29.9 Å². The number of halogens is 6. The smallest absolute Gasteiger partial charge is 0.438 e. The van der Waals surface area contributed by atoms with E-state index in [4.69, 9.17) is 9.29 Å². The monoisotopic (exact) mass is 506 g/mol. The number of carbonyl (C=O) groups excluding carboxylic acids is 2. The van der Waals surface area contributed by atoms with Crippen LogP contribution in [-0.4, -0.2) is 63.1 Å². The van der Waals surface area contributed by atoms with Crippen molar-refractivity contribution in [2.24, 2.45) is 0 Å². The maximum Gasteiger partial charge on any atom is 0.438 e. The van der Waals surface area contributed by atoms with Gasteiger partial charge in [0.05, 0.1) is 6.61 Å². The summed E-state index contributed by atoms with van der Waals surface area (Å²) >= 11 is 0. The molecule has 0 aliphatic carbocycles. The molecule has 7 nitrogen and oxygen atoms in total. The number of esters is 2. The molecule has 0 atom stereocenters. The molecule has 0 saturated heterocycles. The maximum atomic E-state index is 13.1. The Labute approximate surface area is 186 Å². The van der Waals surface area contributed by atoms with Crippen LogP contribution in [0.1, 0.15) is 30.4 Å². The number of hydrogen-bond donors (Lipinski definition) is 1. The number of hydrogen-bond acceptors (Lipinski definition) is 6. The molecule has 1 aromatic rings. The zero-order valence-corrected chi connectivity index (χ0v) is 18.1. The summed E-state index contributed by atoms with van der Waals surface area (Å²) in [7, 11) is -3.88. The molecule has 1 N–H and O–H groups in total. The molecule has 0 unspecified atom stereocenters. The fourth-order valence-electron chi connectivity index (χ4n) is 2.65. The Hall–Kier alpha value is -2.29. The standard InChI is InChI=1S/C18H21BF6O7S/c19-10-13-6-4-12(5-7-13)8-9-31-14(26)2-1-3-15(27)32-16(17(20,21)22,18(23,24)25)11-33(28,29)30/h4-7H,1-3,8-11,19H2,(H,28,29,30). The molecule has 0 saturated carbocycles. The van der Waals surface area contributed by atoms with Gasteiger partial charge in [-0.3, -0.25) is 14.1 Å². The molecule has 0 fully saturated rings. The van der Waals surface area contributed by atoms with Gasteiger partial charge in [-0.05, 0) is 12.0 Å². The predicted octanol–water partition coefficient (Wildman–Crippen LogP) is 2.37. The lowest BCUT2D eigenvalue weighted by Crippen LogP contribution is -2.63. The summed E-state index contributed by atoms with van der Waals surface area (Å²) in [6, 6.07) is 7.46. The Morgan fingerprint density at radius 3 is 1.85 bits per heavy atom. The molecule has 0 aromatic heterocycles. The van der Waals surface area contributed by atoms with Gasteiger partial charge in [0.15, 0.2) is 0 Å². The van der Waals surface area contributed by atoms with Crippen molar-refractivity contribution in [3.63, 3.8) is 0 Å². The molecule has 1 aromatic carbocycles. The van der Waals surface area contributed by atoms with Gasteiger partial charge < -0.3 is 9.47 Å². The van der Waals surface area contributed by atoms with E-state index in [0.29, 0.717) is 6.42 Å². The second kappa shape index (κ2) is 11.2. The zero-order chi connectivity index (χ0) is 25.5. The Morgan fingerprint density at radius 2 is 1.39 bits per heavy atom. The van der Waals surface area contributed by atoms with Gasteiger partial charge in [0, 0.05) is 19.3 Å². The first-order valence-electron chi connectivity index (χ1n) is 9.54. The number of carbonyl (C=O) groups is 2. The molecule has 0 spiro atoms. The summed E-state index contributed by atoms with van der Waals surface area (Å²) in [4.78, 5) is 23.3. The van der Waals surface area contributed by atoms with Crippen LogP contribution in [0.3, 0.4) is 0 Å². The van der Waals surface area contributed by atoms with Crippen LogP contribution in [0.2, 0.25) is 0 Å². The minimum Gasteiger partial charge on any atom is -0.465 e. The van der Waals surface area contributed by atoms with E-state index in [1.165, 1.54) is 0 Å². The number of benzene rings is 1. The van der Waals surface area contributed by atoms with Crippen molar-refractivity contribution in [3.8, 4) is 0 Å². The van der Waals surface area contributed by atoms with E-state index in [-0.39, 0.29) is 6.61 Å². The highest BCUT2D eigenvalue weighted by molar-refractivity contribution is 7.85. The van der Waals surface area contributed by atoms with Crippen LogP contribution in [0.4, 0.5) is 26.3 Å². The van der Waals surface area contributed by atoms with Gasteiger partial charge in [0.1, 0.15) is 13.6 Å². The van der Waals surface area contributed by atoms with Crippen molar-refractivity contribution in [2.45, 2.75) is 50.0 Å². The number of ether oxygens (including phenoxy) is 2. The highest BCUT2D eigenvalue weighted by Crippen LogP contribution is 2.47. The van der Waals surface area contributed by atoms with Crippen LogP contribution >= 0.6 is 0 Å². The zero-order valence-electron chi connectivity index (χ0n) is 17.3. The Balaban J connectivity index is 2.62. The first-order chi connectivity index (χ1) is 15.0. The van der Waals surface area contributed by atoms with Gasteiger partial charge in [-0.25, -0.2) is 0 Å². The van der Waals surface area contributed by atoms with Gasteiger partial charge in [-0.1, -0.05) is 36.1 Å². The fourth-order valence-corrected chi connectivity index (χ4v) is 3.55. The third-order valence-electron chi connectivity index (χ3n) is 4.44. The lowest BCUT2D eigenvalue weighted by atomic mass is 9.96. The molecule has 0 bridgehead atoms. The van der Waals surface area contributed by atoms with Crippen LogP contribution < -0.4 is 0 Å². The second-order valence-corrected chi connectivity index (χ2v) is 8.47. The van der Waals surface area contributed by atoms with Crippen LogP contribution in [0.15, 0.2) is 24.3 Å². The van der Waals surface area contributed by atoms with Crippen molar-refractivity contribution in [2.75, 3.05) is 12.4 Å². The summed E-state index contributed by atoms with van der Waals surface area (Å²) in [5.41, 5.74) is -3.48. The molecule has 1 rings (SSSR count). The van der Waals surface area contributed by atoms with Gasteiger partial charge in [0.2, 0.25) is 0 Å². The average molecular weight is 506 g/mol. The Morgan fingerprint density at radius 1 is 0.909 bits per heavy atom. The number of alkyl halides is 6. The van der Waals surface area contributed by atoms with E-state index in [0.717, 1.165) is 17.4 Å². The Bertz CT molecular complexity index is 900. The molecular formula is C18H21BF6O7S. The quantitative estimate of drug-likeness (QED) is 0.213. The van der Waals surface area contributed by atoms with E-state index in [9.17, 15) is 44.3 Å². The van der Waals surface area contributed by atoms with Gasteiger partial charge in [-0.15, -0.1) is 0 Å². The molecule has 15 heteroatoms. The topological polar surface area (TPSA) is 107 Å². The average Bonchev–Trinajstić information content (AvgIpc) is 2.65. The lowest BCUT2D eigenvalue weighted by molar-refractivity contribution is -0.361. The molecule has 0 heterocycles. The lowest BCUT2D eigenvalue weighted by Gasteiger charge is -2.35. The van der Waals surface area contributed by atoms with E-state index in [2.05, 4.69) is 4.74 Å². The summed E-state index contributed by atoms with van der Waals surface area (Å²) in [6.45, 7) is -0.0334. The molecule has 33 heavy (non-hydrogen) atoms. The minimum absolute atomic E-state index is 0.0334. The van der Waals surface area contributed by atoms with Crippen molar-refractivity contribution in [1.29, 1.82) is 0 Å².